The minimum Gasteiger partial charge on any atom is -0.497 e. The maximum atomic E-state index is 13.3. The van der Waals surface area contributed by atoms with Crippen molar-refractivity contribution in [1.82, 2.24) is 14.8 Å². The third kappa shape index (κ3) is 2.48. The molecule has 1 aromatic heterocycles. The maximum Gasteiger partial charge on any atom is 0.328 e. The lowest BCUT2D eigenvalue weighted by Gasteiger charge is -2.42. The lowest BCUT2D eigenvalue weighted by molar-refractivity contribution is -0.129. The van der Waals surface area contributed by atoms with Crippen LogP contribution < -0.4 is 4.74 Å². The van der Waals surface area contributed by atoms with Gasteiger partial charge in [0.2, 0.25) is 0 Å². The van der Waals surface area contributed by atoms with Crippen molar-refractivity contribution in [3.05, 3.63) is 65.4 Å². The molecule has 0 unspecified atom stereocenters. The Balaban J connectivity index is 1.51. The number of para-hydroxylation sites is 1. The SMILES string of the molecule is COc1ccc(CN2C(=O)[C@H]3Cc4c([nH]c5ccccc45)C(C)(C)N3C2=O)cc1. The normalized spacial score (nSPS) is 20.2. The van der Waals surface area contributed by atoms with E-state index in [0.29, 0.717) is 6.42 Å². The molecular weight excluding hydrogens is 366 g/mol. The van der Waals surface area contributed by atoms with Gasteiger partial charge >= 0.3 is 6.03 Å². The van der Waals surface area contributed by atoms with Crippen molar-refractivity contribution in [3.63, 3.8) is 0 Å². The zero-order valence-electron chi connectivity index (χ0n) is 16.7. The smallest absolute Gasteiger partial charge is 0.328 e. The van der Waals surface area contributed by atoms with Crippen LogP contribution in [-0.2, 0) is 23.3 Å². The molecule has 3 amide bonds. The number of nitrogens with one attached hydrogen (secondary N) is 1. The molecule has 5 rings (SSSR count). The van der Waals surface area contributed by atoms with Gasteiger partial charge < -0.3 is 14.6 Å². The van der Waals surface area contributed by atoms with Crippen LogP contribution in [0.4, 0.5) is 4.79 Å². The molecule has 0 spiro atoms. The molecule has 3 heterocycles. The number of fused-ring (bicyclic) bond motifs is 4. The molecule has 2 aromatic carbocycles. The summed E-state index contributed by atoms with van der Waals surface area (Å²) in [6, 6.07) is 14.9. The Morgan fingerprint density at radius 3 is 2.55 bits per heavy atom. The Hall–Kier alpha value is -3.28. The minimum atomic E-state index is -0.599. The van der Waals surface area contributed by atoms with Crippen LogP contribution in [0.2, 0.25) is 0 Å². The number of H-pyrrole nitrogens is 1. The van der Waals surface area contributed by atoms with Crippen molar-refractivity contribution in [2.24, 2.45) is 0 Å². The first kappa shape index (κ1) is 17.8. The van der Waals surface area contributed by atoms with Crippen LogP contribution in [0.15, 0.2) is 48.5 Å². The van der Waals surface area contributed by atoms with E-state index in [1.807, 2.05) is 56.3 Å². The van der Waals surface area contributed by atoms with Gasteiger partial charge in [-0.1, -0.05) is 30.3 Å². The lowest BCUT2D eigenvalue weighted by atomic mass is 9.85. The number of amides is 3. The summed E-state index contributed by atoms with van der Waals surface area (Å²) >= 11 is 0. The van der Waals surface area contributed by atoms with Gasteiger partial charge in [-0.15, -0.1) is 0 Å². The predicted molar refractivity (Wildman–Crippen MR) is 110 cm³/mol. The van der Waals surface area contributed by atoms with Gasteiger partial charge in [-0.2, -0.15) is 0 Å². The molecule has 0 radical (unpaired) electrons. The van der Waals surface area contributed by atoms with Gasteiger partial charge in [0.1, 0.15) is 11.8 Å². The summed E-state index contributed by atoms with van der Waals surface area (Å²) in [5.41, 5.74) is 3.50. The Morgan fingerprint density at radius 2 is 1.83 bits per heavy atom. The topological polar surface area (TPSA) is 65.6 Å². The number of hydrogen-bond acceptors (Lipinski definition) is 3. The van der Waals surface area contributed by atoms with E-state index < -0.39 is 11.6 Å². The quantitative estimate of drug-likeness (QED) is 0.693. The summed E-state index contributed by atoms with van der Waals surface area (Å²) in [6.07, 6.45) is 0.534. The number of benzene rings is 2. The fourth-order valence-corrected chi connectivity index (χ4v) is 4.76. The Kier molecular flexibility index (Phi) is 3.75. The number of urea groups is 1. The van der Waals surface area contributed by atoms with Crippen LogP contribution >= 0.6 is 0 Å². The monoisotopic (exact) mass is 389 g/mol. The van der Waals surface area contributed by atoms with Gasteiger partial charge in [0.05, 0.1) is 19.2 Å². The summed E-state index contributed by atoms with van der Waals surface area (Å²) in [5.74, 6) is 0.617. The number of nitrogens with zero attached hydrogens (tertiary/aromatic N) is 2. The molecule has 1 fully saturated rings. The van der Waals surface area contributed by atoms with Crippen molar-refractivity contribution in [3.8, 4) is 5.75 Å². The fourth-order valence-electron chi connectivity index (χ4n) is 4.76. The summed E-state index contributed by atoms with van der Waals surface area (Å²) in [7, 11) is 1.61. The molecule has 29 heavy (non-hydrogen) atoms. The molecule has 1 N–H and O–H groups in total. The molecule has 1 saturated heterocycles. The van der Waals surface area contributed by atoms with Crippen LogP contribution in [-0.4, -0.2) is 39.9 Å². The molecule has 0 bridgehead atoms. The van der Waals surface area contributed by atoms with Crippen LogP contribution in [0.3, 0.4) is 0 Å². The largest absolute Gasteiger partial charge is 0.497 e. The second kappa shape index (κ2) is 6.11. The highest BCUT2D eigenvalue weighted by Crippen LogP contribution is 2.44. The highest BCUT2D eigenvalue weighted by Gasteiger charge is 2.55. The van der Waals surface area contributed by atoms with E-state index in [1.54, 1.807) is 12.0 Å². The van der Waals surface area contributed by atoms with Crippen LogP contribution in [0.25, 0.3) is 10.9 Å². The first-order chi connectivity index (χ1) is 13.9. The highest BCUT2D eigenvalue weighted by molar-refractivity contribution is 6.05. The van der Waals surface area contributed by atoms with Crippen molar-refractivity contribution < 1.29 is 14.3 Å². The molecule has 6 nitrogen and oxygen atoms in total. The van der Waals surface area contributed by atoms with Crippen LogP contribution in [0.1, 0.15) is 30.7 Å². The third-order valence-corrected chi connectivity index (χ3v) is 6.22. The second-order valence-electron chi connectivity index (χ2n) is 8.23. The zero-order valence-corrected chi connectivity index (χ0v) is 16.7. The number of methoxy groups -OCH3 is 1. The number of rotatable bonds is 3. The number of imide groups is 1. The van der Waals surface area contributed by atoms with Gasteiger partial charge in [0, 0.05) is 23.0 Å². The molecule has 3 aromatic rings. The third-order valence-electron chi connectivity index (χ3n) is 6.22. The van der Waals surface area contributed by atoms with Gasteiger partial charge in [0.15, 0.2) is 0 Å². The average molecular weight is 389 g/mol. The number of ether oxygens (including phenoxy) is 1. The van der Waals surface area contributed by atoms with E-state index in [1.165, 1.54) is 4.90 Å². The molecular formula is C23H23N3O3. The van der Waals surface area contributed by atoms with Gasteiger partial charge in [-0.3, -0.25) is 9.69 Å². The summed E-state index contributed by atoms with van der Waals surface area (Å²) < 4.78 is 5.19. The van der Waals surface area contributed by atoms with E-state index in [9.17, 15) is 9.59 Å². The Bertz CT molecular complexity index is 1130. The number of aromatic nitrogens is 1. The van der Waals surface area contributed by atoms with Gasteiger partial charge in [0.25, 0.3) is 5.91 Å². The van der Waals surface area contributed by atoms with Gasteiger partial charge in [-0.05, 0) is 43.2 Å². The second-order valence-corrected chi connectivity index (χ2v) is 8.23. The van der Waals surface area contributed by atoms with Crippen molar-refractivity contribution in [2.75, 3.05) is 7.11 Å². The molecule has 6 heteroatoms. The van der Waals surface area contributed by atoms with E-state index >= 15 is 0 Å². The molecule has 0 saturated carbocycles. The first-order valence-electron chi connectivity index (χ1n) is 9.79. The number of aromatic amines is 1. The maximum absolute atomic E-state index is 13.3. The predicted octanol–water partition coefficient (Wildman–Crippen LogP) is 3.80. The fraction of sp³-hybridized carbons (Fsp3) is 0.304. The molecule has 148 valence electrons. The molecule has 0 aliphatic carbocycles. The van der Waals surface area contributed by atoms with E-state index in [0.717, 1.165) is 33.5 Å². The van der Waals surface area contributed by atoms with Crippen LogP contribution in [0, 0.1) is 0 Å². The lowest BCUT2D eigenvalue weighted by Crippen LogP contribution is -2.52. The standard InChI is InChI=1S/C23H23N3O3/c1-23(2)20-17(16-6-4-5-7-18(16)24-20)12-19-21(27)25(22(28)26(19)23)13-14-8-10-15(29-3)11-9-14/h4-11,19,24H,12-13H2,1-3H3/t19-/m1/s1. The summed E-state index contributed by atoms with van der Waals surface area (Å²) in [6.45, 7) is 4.28. The van der Waals surface area contributed by atoms with E-state index in [-0.39, 0.29) is 18.5 Å². The molecule has 2 aliphatic rings. The first-order valence-corrected chi connectivity index (χ1v) is 9.79. The van der Waals surface area contributed by atoms with E-state index in [2.05, 4.69) is 11.1 Å². The van der Waals surface area contributed by atoms with Crippen molar-refractivity contribution >= 4 is 22.8 Å². The van der Waals surface area contributed by atoms with Crippen molar-refractivity contribution in [2.45, 2.75) is 38.4 Å². The Labute approximate surface area is 169 Å². The number of carbonyl (C=O) groups is 2. The number of carbonyl (C=O) groups excluding carboxylic acids is 2. The van der Waals surface area contributed by atoms with Crippen LogP contribution in [0.5, 0.6) is 5.75 Å². The molecule has 1 atom stereocenters. The summed E-state index contributed by atoms with van der Waals surface area (Å²) in [5, 5.41) is 1.13. The van der Waals surface area contributed by atoms with Crippen molar-refractivity contribution in [1.29, 1.82) is 0 Å². The zero-order chi connectivity index (χ0) is 20.3. The Morgan fingerprint density at radius 1 is 1.10 bits per heavy atom. The van der Waals surface area contributed by atoms with Gasteiger partial charge in [-0.25, -0.2) is 4.79 Å². The van der Waals surface area contributed by atoms with E-state index in [4.69, 9.17) is 4.74 Å². The highest BCUT2D eigenvalue weighted by atomic mass is 16.5. The molecule has 2 aliphatic heterocycles. The minimum absolute atomic E-state index is 0.130. The summed E-state index contributed by atoms with van der Waals surface area (Å²) in [4.78, 5) is 33.2. The average Bonchev–Trinajstić information content (AvgIpc) is 3.21. The number of hydrogen-bond donors (Lipinski definition) is 1.